The molecule has 7 nitrogen and oxygen atoms in total. The van der Waals surface area contributed by atoms with Gasteiger partial charge >= 0.3 is 11.9 Å². The Labute approximate surface area is 131 Å². The number of ether oxygens (including phenoxy) is 3. The first-order chi connectivity index (χ1) is 10.2. The molecule has 126 valence electrons. The lowest BCUT2D eigenvalue weighted by molar-refractivity contribution is -0.141. The Kier molecular flexibility index (Phi) is 13.9. The highest BCUT2D eigenvalue weighted by molar-refractivity contribution is 5.87. The third kappa shape index (κ3) is 15.9. The molecule has 0 aliphatic heterocycles. The van der Waals surface area contributed by atoms with Crippen LogP contribution in [0.4, 0.5) is 0 Å². The predicted octanol–water partition coefficient (Wildman–Crippen LogP) is 2.10. The van der Waals surface area contributed by atoms with E-state index in [-0.39, 0.29) is 26.4 Å². The summed E-state index contributed by atoms with van der Waals surface area (Å²) in [7, 11) is 0. The first-order valence-corrected chi connectivity index (χ1v) is 6.60. The second kappa shape index (κ2) is 13.8. The molecular weight excluding hydrogens is 290 g/mol. The van der Waals surface area contributed by atoms with Crippen LogP contribution in [0.3, 0.4) is 0 Å². The van der Waals surface area contributed by atoms with Crippen molar-refractivity contribution >= 4 is 17.7 Å². The van der Waals surface area contributed by atoms with E-state index in [4.69, 9.17) is 19.4 Å². The lowest BCUT2D eigenvalue weighted by Gasteiger charge is -2.06. The molecule has 0 aliphatic rings. The highest BCUT2D eigenvalue weighted by atomic mass is 16.6. The van der Waals surface area contributed by atoms with Gasteiger partial charge in [0.1, 0.15) is 13.2 Å². The molecule has 1 N–H and O–H groups in total. The van der Waals surface area contributed by atoms with Crippen molar-refractivity contribution in [1.29, 1.82) is 0 Å². The van der Waals surface area contributed by atoms with E-state index in [1.807, 2.05) is 0 Å². The van der Waals surface area contributed by atoms with E-state index in [0.29, 0.717) is 16.9 Å². The lowest BCUT2D eigenvalue weighted by Crippen LogP contribution is -2.14. The highest BCUT2D eigenvalue weighted by Crippen LogP contribution is 1.93. The zero-order valence-electron chi connectivity index (χ0n) is 13.7. The van der Waals surface area contributed by atoms with Crippen LogP contribution < -0.4 is 0 Å². The van der Waals surface area contributed by atoms with Crippen LogP contribution in [0.5, 0.6) is 0 Å². The van der Waals surface area contributed by atoms with Gasteiger partial charge in [-0.3, -0.25) is 0 Å². The number of carbonyl (C=O) groups excluding carboxylic acids is 2. The topological polar surface area (TPSA) is 94.4 Å². The number of hydrogen-bond acceptors (Lipinski definition) is 7. The number of esters is 2. The van der Waals surface area contributed by atoms with Crippen molar-refractivity contribution < 1.29 is 29.0 Å². The molecule has 0 amide bonds. The summed E-state index contributed by atoms with van der Waals surface area (Å²) in [6.45, 7) is 14.3. The Morgan fingerprint density at radius 1 is 0.864 bits per heavy atom. The summed E-state index contributed by atoms with van der Waals surface area (Å²) in [6, 6.07) is 0. The number of carbonyl (C=O) groups is 2. The minimum atomic E-state index is -0.442. The average Bonchev–Trinajstić information content (AvgIpc) is 2.45. The van der Waals surface area contributed by atoms with Crippen molar-refractivity contribution in [1.82, 2.24) is 0 Å². The molecule has 0 spiro atoms. The summed E-state index contributed by atoms with van der Waals surface area (Å²) >= 11 is 0. The highest BCUT2D eigenvalue weighted by Gasteiger charge is 2.03. The van der Waals surface area contributed by atoms with Crippen molar-refractivity contribution in [3.63, 3.8) is 0 Å². The van der Waals surface area contributed by atoms with Crippen LogP contribution in [0.2, 0.25) is 0 Å². The van der Waals surface area contributed by atoms with Crippen LogP contribution in [-0.4, -0.2) is 49.3 Å². The van der Waals surface area contributed by atoms with E-state index in [9.17, 15) is 9.59 Å². The van der Waals surface area contributed by atoms with Gasteiger partial charge in [0.25, 0.3) is 0 Å². The Morgan fingerprint density at radius 2 is 1.18 bits per heavy atom. The Balaban J connectivity index is 0. The van der Waals surface area contributed by atoms with Gasteiger partial charge in [-0.05, 0) is 27.7 Å². The van der Waals surface area contributed by atoms with Gasteiger partial charge in [-0.15, -0.1) is 0 Å². The SMILES string of the molecule is C=C(C)C(=O)OCCOCCOC(=O)C(=C)C.CC(C)=NO. The van der Waals surface area contributed by atoms with Crippen LogP contribution in [0.15, 0.2) is 29.5 Å². The number of rotatable bonds is 8. The molecule has 7 heteroatoms. The van der Waals surface area contributed by atoms with Gasteiger partial charge in [-0.1, -0.05) is 18.3 Å². The maximum Gasteiger partial charge on any atom is 0.333 e. The first-order valence-electron chi connectivity index (χ1n) is 6.60. The molecule has 0 bridgehead atoms. The molecule has 0 aromatic carbocycles. The second-order valence-electron chi connectivity index (χ2n) is 4.49. The number of hydrogen-bond donors (Lipinski definition) is 1. The Hall–Kier alpha value is -2.15. The average molecular weight is 315 g/mol. The largest absolute Gasteiger partial charge is 0.460 e. The van der Waals surface area contributed by atoms with Gasteiger partial charge in [-0.25, -0.2) is 9.59 Å². The Morgan fingerprint density at radius 3 is 1.41 bits per heavy atom. The van der Waals surface area contributed by atoms with Crippen molar-refractivity contribution in [2.45, 2.75) is 27.7 Å². The molecule has 0 aliphatic carbocycles. The summed E-state index contributed by atoms with van der Waals surface area (Å²) in [6.07, 6.45) is 0. The van der Waals surface area contributed by atoms with Crippen molar-refractivity contribution in [3.8, 4) is 0 Å². The monoisotopic (exact) mass is 315 g/mol. The van der Waals surface area contributed by atoms with E-state index in [1.165, 1.54) is 0 Å². The molecule has 22 heavy (non-hydrogen) atoms. The normalized spacial score (nSPS) is 8.91. The van der Waals surface area contributed by atoms with Gasteiger partial charge in [0.15, 0.2) is 0 Å². The molecule has 0 radical (unpaired) electrons. The zero-order chi connectivity index (χ0) is 17.5. The molecule has 0 heterocycles. The summed E-state index contributed by atoms with van der Waals surface area (Å²) in [4.78, 5) is 21.9. The summed E-state index contributed by atoms with van der Waals surface area (Å²) < 4.78 is 14.6. The fourth-order valence-electron chi connectivity index (χ4n) is 0.735. The van der Waals surface area contributed by atoms with Gasteiger partial charge in [-0.2, -0.15) is 0 Å². The van der Waals surface area contributed by atoms with Gasteiger partial charge in [0, 0.05) is 11.1 Å². The molecule has 0 atom stereocenters. The molecule has 0 fully saturated rings. The maximum absolute atomic E-state index is 10.9. The fourth-order valence-corrected chi connectivity index (χ4v) is 0.735. The Bertz CT molecular complexity index is 380. The van der Waals surface area contributed by atoms with Crippen LogP contribution in [0.1, 0.15) is 27.7 Å². The van der Waals surface area contributed by atoms with Crippen molar-refractivity contribution in [3.05, 3.63) is 24.3 Å². The van der Waals surface area contributed by atoms with Crippen molar-refractivity contribution in [2.75, 3.05) is 26.4 Å². The second-order valence-corrected chi connectivity index (χ2v) is 4.49. The van der Waals surface area contributed by atoms with Crippen LogP contribution in [0.25, 0.3) is 0 Å². The fraction of sp³-hybridized carbons (Fsp3) is 0.533. The number of oxime groups is 1. The quantitative estimate of drug-likeness (QED) is 0.184. The molecule has 0 aromatic rings. The van der Waals surface area contributed by atoms with E-state index < -0.39 is 11.9 Å². The maximum atomic E-state index is 10.9. The standard InChI is InChI=1S/C12H18O5.C3H7NO/c1-9(2)11(13)16-7-5-15-6-8-17-12(14)10(3)4;1-3(2)4-5/h1,3,5-8H2,2,4H3;5H,1-2H3. The van der Waals surface area contributed by atoms with Gasteiger partial charge in [0.2, 0.25) is 0 Å². The molecular formula is C15H25NO6. The first kappa shape index (κ1) is 22.1. The summed E-state index contributed by atoms with van der Waals surface area (Å²) in [5.41, 5.74) is 1.38. The predicted molar refractivity (Wildman–Crippen MR) is 82.9 cm³/mol. The van der Waals surface area contributed by atoms with E-state index in [0.717, 1.165) is 0 Å². The third-order valence-corrected chi connectivity index (χ3v) is 1.82. The van der Waals surface area contributed by atoms with Crippen LogP contribution in [-0.2, 0) is 23.8 Å². The molecule has 0 aromatic heterocycles. The number of nitrogens with zero attached hydrogens (tertiary/aromatic N) is 1. The zero-order valence-corrected chi connectivity index (χ0v) is 13.7. The van der Waals surface area contributed by atoms with E-state index in [2.05, 4.69) is 18.3 Å². The molecule has 0 saturated carbocycles. The van der Waals surface area contributed by atoms with Gasteiger partial charge in [0.05, 0.1) is 18.9 Å². The molecule has 0 saturated heterocycles. The van der Waals surface area contributed by atoms with Crippen molar-refractivity contribution in [2.24, 2.45) is 5.16 Å². The minimum Gasteiger partial charge on any atom is -0.460 e. The summed E-state index contributed by atoms with van der Waals surface area (Å²) in [5, 5.41) is 10.5. The van der Waals surface area contributed by atoms with E-state index in [1.54, 1.807) is 27.7 Å². The lowest BCUT2D eigenvalue weighted by atomic mass is 10.4. The van der Waals surface area contributed by atoms with Gasteiger partial charge < -0.3 is 19.4 Å². The van der Waals surface area contributed by atoms with Crippen LogP contribution >= 0.6 is 0 Å². The third-order valence-electron chi connectivity index (χ3n) is 1.82. The molecule has 0 unspecified atom stereocenters. The summed E-state index contributed by atoms with van der Waals surface area (Å²) in [5.74, 6) is -0.885. The molecule has 0 rings (SSSR count). The smallest absolute Gasteiger partial charge is 0.333 e. The van der Waals surface area contributed by atoms with E-state index >= 15 is 0 Å². The van der Waals surface area contributed by atoms with Crippen LogP contribution in [0, 0.1) is 0 Å². The minimum absolute atomic E-state index is 0.153.